The van der Waals surface area contributed by atoms with E-state index in [2.05, 4.69) is 45.9 Å². The molecule has 0 fully saturated rings. The molecule has 0 N–H and O–H groups in total. The van der Waals surface area contributed by atoms with Crippen molar-refractivity contribution in [1.82, 2.24) is 0 Å². The van der Waals surface area contributed by atoms with Crippen molar-refractivity contribution < 1.29 is 0 Å². The second kappa shape index (κ2) is 6.21. The van der Waals surface area contributed by atoms with E-state index in [-0.39, 0.29) is 0 Å². The van der Waals surface area contributed by atoms with Crippen LogP contribution < -0.4 is 0 Å². The summed E-state index contributed by atoms with van der Waals surface area (Å²) in [5, 5.41) is 0. The van der Waals surface area contributed by atoms with E-state index in [4.69, 9.17) is 0 Å². The van der Waals surface area contributed by atoms with Crippen molar-refractivity contribution in [2.75, 3.05) is 0 Å². The topological polar surface area (TPSA) is 0 Å². The molecular weight excluding hydrogens is 132 g/mol. The normalized spacial score (nSPS) is 13.4. The van der Waals surface area contributed by atoms with Crippen molar-refractivity contribution in [3.8, 4) is 0 Å². The first-order valence-corrected chi connectivity index (χ1v) is 4.49. The summed E-state index contributed by atoms with van der Waals surface area (Å²) in [6, 6.07) is 0. The van der Waals surface area contributed by atoms with Gasteiger partial charge in [0, 0.05) is 0 Å². The molecule has 0 heteroatoms. The van der Waals surface area contributed by atoms with E-state index >= 15 is 0 Å². The van der Waals surface area contributed by atoms with Gasteiger partial charge in [0.05, 0.1) is 0 Å². The van der Waals surface area contributed by atoms with E-state index < -0.39 is 0 Å². The van der Waals surface area contributed by atoms with E-state index in [1.807, 2.05) is 0 Å². The molecule has 0 aliphatic carbocycles. The van der Waals surface area contributed by atoms with Gasteiger partial charge in [0.25, 0.3) is 0 Å². The van der Waals surface area contributed by atoms with Gasteiger partial charge in [0.2, 0.25) is 0 Å². The largest absolute Gasteiger partial charge is 0.0843 e. The molecular formula is C11H20. The van der Waals surface area contributed by atoms with Crippen LogP contribution in [0.5, 0.6) is 0 Å². The first-order valence-electron chi connectivity index (χ1n) is 4.49. The summed E-state index contributed by atoms with van der Waals surface area (Å²) in [5.41, 5.74) is 1.45. The summed E-state index contributed by atoms with van der Waals surface area (Å²) in [7, 11) is 0. The zero-order valence-corrected chi connectivity index (χ0v) is 8.22. The van der Waals surface area contributed by atoms with Crippen molar-refractivity contribution >= 4 is 0 Å². The molecule has 0 bridgehead atoms. The van der Waals surface area contributed by atoms with E-state index in [9.17, 15) is 0 Å². The first kappa shape index (κ1) is 10.5. The molecule has 0 radical (unpaired) electrons. The molecule has 0 aromatic carbocycles. The van der Waals surface area contributed by atoms with Crippen LogP contribution in [0.25, 0.3) is 0 Å². The molecule has 0 aliphatic rings. The van der Waals surface area contributed by atoms with Crippen molar-refractivity contribution in [3.05, 3.63) is 23.8 Å². The minimum absolute atomic E-state index is 0.779. The van der Waals surface area contributed by atoms with Crippen LogP contribution in [0, 0.1) is 5.92 Å². The summed E-state index contributed by atoms with van der Waals surface area (Å²) >= 11 is 0. The minimum Gasteiger partial charge on any atom is -0.0843 e. The van der Waals surface area contributed by atoms with Crippen molar-refractivity contribution in [2.45, 2.75) is 40.5 Å². The van der Waals surface area contributed by atoms with Gasteiger partial charge in [-0.3, -0.25) is 0 Å². The molecule has 0 saturated heterocycles. The fourth-order valence-electron chi connectivity index (χ4n) is 0.701. The standard InChI is InChI=1S/C11H20/c1-5-11(4)9-7-6-8-10(2)3/h6-7,9-10H,5,8H2,1-4H3. The second-order valence-corrected chi connectivity index (χ2v) is 3.42. The Morgan fingerprint density at radius 3 is 2.45 bits per heavy atom. The summed E-state index contributed by atoms with van der Waals surface area (Å²) < 4.78 is 0. The zero-order chi connectivity index (χ0) is 8.69. The van der Waals surface area contributed by atoms with E-state index in [0.29, 0.717) is 0 Å². The lowest BCUT2D eigenvalue weighted by molar-refractivity contribution is 0.664. The monoisotopic (exact) mass is 152 g/mol. The Balaban J connectivity index is 3.59. The van der Waals surface area contributed by atoms with Crippen molar-refractivity contribution in [3.63, 3.8) is 0 Å². The molecule has 0 nitrogen and oxygen atoms in total. The molecule has 0 amide bonds. The van der Waals surface area contributed by atoms with Gasteiger partial charge in [0.15, 0.2) is 0 Å². The van der Waals surface area contributed by atoms with Crippen LogP contribution in [0.1, 0.15) is 40.5 Å². The van der Waals surface area contributed by atoms with Crippen molar-refractivity contribution in [2.24, 2.45) is 5.92 Å². The lowest BCUT2D eigenvalue weighted by Gasteiger charge is -1.95. The molecule has 0 spiro atoms. The van der Waals surface area contributed by atoms with Crippen LogP contribution in [0.15, 0.2) is 23.8 Å². The maximum Gasteiger partial charge on any atom is -0.0324 e. The SMILES string of the molecule is CCC(C)=CC=CCC(C)C. The van der Waals surface area contributed by atoms with Crippen LogP contribution in [0.4, 0.5) is 0 Å². The van der Waals surface area contributed by atoms with Crippen LogP contribution in [-0.4, -0.2) is 0 Å². The third-order valence-corrected chi connectivity index (χ3v) is 1.68. The van der Waals surface area contributed by atoms with Crippen LogP contribution in [-0.2, 0) is 0 Å². The van der Waals surface area contributed by atoms with Crippen LogP contribution in [0.3, 0.4) is 0 Å². The van der Waals surface area contributed by atoms with Crippen molar-refractivity contribution in [1.29, 1.82) is 0 Å². The average molecular weight is 152 g/mol. The molecule has 0 saturated carbocycles. The Hall–Kier alpha value is -0.520. The average Bonchev–Trinajstić information content (AvgIpc) is 1.97. The molecule has 0 aromatic rings. The predicted molar refractivity (Wildman–Crippen MR) is 52.6 cm³/mol. The highest BCUT2D eigenvalue weighted by atomic mass is 13.9. The lowest BCUT2D eigenvalue weighted by atomic mass is 10.1. The number of allylic oxidation sites excluding steroid dienone is 4. The lowest BCUT2D eigenvalue weighted by Crippen LogP contribution is -1.80. The molecule has 0 atom stereocenters. The Morgan fingerprint density at radius 2 is 2.00 bits per heavy atom. The van der Waals surface area contributed by atoms with Gasteiger partial charge in [-0.2, -0.15) is 0 Å². The van der Waals surface area contributed by atoms with E-state index in [1.165, 1.54) is 12.0 Å². The smallest absolute Gasteiger partial charge is 0.0324 e. The van der Waals surface area contributed by atoms with Gasteiger partial charge < -0.3 is 0 Å². The van der Waals surface area contributed by atoms with Crippen LogP contribution >= 0.6 is 0 Å². The molecule has 0 unspecified atom stereocenters. The minimum atomic E-state index is 0.779. The van der Waals surface area contributed by atoms with Gasteiger partial charge in [-0.25, -0.2) is 0 Å². The van der Waals surface area contributed by atoms with Gasteiger partial charge in [0.1, 0.15) is 0 Å². The number of hydrogen-bond acceptors (Lipinski definition) is 0. The summed E-state index contributed by atoms with van der Waals surface area (Å²) in [5.74, 6) is 0.779. The zero-order valence-electron chi connectivity index (χ0n) is 8.22. The van der Waals surface area contributed by atoms with E-state index in [1.54, 1.807) is 0 Å². The maximum atomic E-state index is 2.24. The molecule has 11 heavy (non-hydrogen) atoms. The second-order valence-electron chi connectivity index (χ2n) is 3.42. The summed E-state index contributed by atoms with van der Waals surface area (Å²) in [6.45, 7) is 8.82. The Morgan fingerprint density at radius 1 is 1.36 bits per heavy atom. The molecule has 0 aromatic heterocycles. The Kier molecular flexibility index (Phi) is 5.91. The molecule has 64 valence electrons. The van der Waals surface area contributed by atoms with Gasteiger partial charge in [-0.1, -0.05) is 44.6 Å². The third-order valence-electron chi connectivity index (χ3n) is 1.68. The third kappa shape index (κ3) is 7.38. The fraction of sp³-hybridized carbons (Fsp3) is 0.636. The van der Waals surface area contributed by atoms with Gasteiger partial charge in [-0.15, -0.1) is 0 Å². The van der Waals surface area contributed by atoms with E-state index in [0.717, 1.165) is 12.3 Å². The fourth-order valence-corrected chi connectivity index (χ4v) is 0.701. The Bertz CT molecular complexity index is 138. The summed E-state index contributed by atoms with van der Waals surface area (Å²) in [6.07, 6.45) is 8.95. The highest BCUT2D eigenvalue weighted by molar-refractivity contribution is 5.09. The molecule has 0 heterocycles. The Labute approximate surface area is 71.0 Å². The quantitative estimate of drug-likeness (QED) is 0.535. The summed E-state index contributed by atoms with van der Waals surface area (Å²) in [4.78, 5) is 0. The highest BCUT2D eigenvalue weighted by Gasteiger charge is 1.85. The van der Waals surface area contributed by atoms with Gasteiger partial charge >= 0.3 is 0 Å². The first-order chi connectivity index (χ1) is 5.16. The predicted octanol–water partition coefficient (Wildman–Crippen LogP) is 3.95. The number of hydrogen-bond donors (Lipinski definition) is 0. The maximum absolute atomic E-state index is 2.24. The van der Waals surface area contributed by atoms with Crippen LogP contribution in [0.2, 0.25) is 0 Å². The molecule has 0 aliphatic heterocycles. The highest BCUT2D eigenvalue weighted by Crippen LogP contribution is 2.02. The number of rotatable bonds is 4. The molecule has 0 rings (SSSR count). The van der Waals surface area contributed by atoms with Gasteiger partial charge in [-0.05, 0) is 25.7 Å².